The lowest BCUT2D eigenvalue weighted by Gasteiger charge is -2.06. The van der Waals surface area contributed by atoms with E-state index in [-0.39, 0.29) is 5.75 Å². The van der Waals surface area contributed by atoms with E-state index in [9.17, 15) is 8.42 Å². The highest BCUT2D eigenvalue weighted by Gasteiger charge is 2.05. The fraction of sp³-hybridized carbons (Fsp3) is 0.357. The molecule has 0 radical (unpaired) electrons. The molecule has 20 heavy (non-hydrogen) atoms. The maximum atomic E-state index is 11.0. The van der Waals surface area contributed by atoms with E-state index in [2.05, 4.69) is 4.98 Å². The minimum Gasteiger partial charge on any atom is -0.494 e. The standard InChI is InChI=1S/C14H17NO3S2/c1-11-10-19-14(15-11)12-5-3-6-13(9-12)18-7-4-8-20(2,16)17/h3,5-6,9-10H,4,7-8H2,1-2H3. The monoisotopic (exact) mass is 311 g/mol. The summed E-state index contributed by atoms with van der Waals surface area (Å²) in [6, 6.07) is 7.70. The highest BCUT2D eigenvalue weighted by Crippen LogP contribution is 2.26. The maximum Gasteiger partial charge on any atom is 0.147 e. The van der Waals surface area contributed by atoms with Gasteiger partial charge in [0.1, 0.15) is 20.6 Å². The molecule has 0 amide bonds. The summed E-state index contributed by atoms with van der Waals surface area (Å²) in [5.41, 5.74) is 2.02. The number of rotatable bonds is 6. The van der Waals surface area contributed by atoms with Crippen molar-refractivity contribution in [2.75, 3.05) is 18.6 Å². The van der Waals surface area contributed by atoms with Crippen molar-refractivity contribution in [1.29, 1.82) is 0 Å². The van der Waals surface area contributed by atoms with Crippen LogP contribution in [0.5, 0.6) is 5.75 Å². The van der Waals surface area contributed by atoms with Gasteiger partial charge in [0.15, 0.2) is 0 Å². The van der Waals surface area contributed by atoms with E-state index in [1.54, 1.807) is 11.3 Å². The number of aromatic nitrogens is 1. The van der Waals surface area contributed by atoms with Gasteiger partial charge in [-0.25, -0.2) is 13.4 Å². The third kappa shape index (κ3) is 4.61. The van der Waals surface area contributed by atoms with Crippen LogP contribution < -0.4 is 4.74 Å². The van der Waals surface area contributed by atoms with Crippen molar-refractivity contribution >= 4 is 21.2 Å². The van der Waals surface area contributed by atoms with E-state index in [4.69, 9.17) is 4.74 Å². The molecule has 6 heteroatoms. The predicted octanol–water partition coefficient (Wildman–Crippen LogP) is 2.93. The molecule has 0 aliphatic heterocycles. The lowest BCUT2D eigenvalue weighted by Crippen LogP contribution is -2.07. The summed E-state index contributed by atoms with van der Waals surface area (Å²) in [6.45, 7) is 2.36. The zero-order valence-corrected chi connectivity index (χ0v) is 13.1. The van der Waals surface area contributed by atoms with E-state index in [0.29, 0.717) is 13.0 Å². The smallest absolute Gasteiger partial charge is 0.147 e. The molecular weight excluding hydrogens is 294 g/mol. The van der Waals surface area contributed by atoms with Crippen molar-refractivity contribution in [3.8, 4) is 16.3 Å². The van der Waals surface area contributed by atoms with Gasteiger partial charge in [0, 0.05) is 22.9 Å². The molecule has 0 aliphatic carbocycles. The molecule has 108 valence electrons. The van der Waals surface area contributed by atoms with Gasteiger partial charge >= 0.3 is 0 Å². The van der Waals surface area contributed by atoms with Crippen molar-refractivity contribution in [1.82, 2.24) is 4.98 Å². The number of hydrogen-bond donors (Lipinski definition) is 0. The molecule has 0 atom stereocenters. The van der Waals surface area contributed by atoms with Gasteiger partial charge in [-0.15, -0.1) is 11.3 Å². The van der Waals surface area contributed by atoms with Crippen LogP contribution in [-0.4, -0.2) is 32.0 Å². The van der Waals surface area contributed by atoms with Gasteiger partial charge in [0.05, 0.1) is 12.4 Å². The first-order valence-electron chi connectivity index (χ1n) is 6.27. The molecule has 2 aromatic rings. The van der Waals surface area contributed by atoms with Crippen LogP contribution in [0.1, 0.15) is 12.1 Å². The molecule has 0 spiro atoms. The molecule has 1 aromatic heterocycles. The fourth-order valence-corrected chi connectivity index (χ4v) is 3.15. The van der Waals surface area contributed by atoms with Gasteiger partial charge in [-0.05, 0) is 25.5 Å². The van der Waals surface area contributed by atoms with Crippen LogP contribution in [0.4, 0.5) is 0 Å². The quantitative estimate of drug-likeness (QED) is 0.770. The Labute approximate surface area is 123 Å². The summed E-state index contributed by atoms with van der Waals surface area (Å²) in [5.74, 6) is 0.891. The lowest BCUT2D eigenvalue weighted by atomic mass is 10.2. The normalized spacial score (nSPS) is 11.5. The minimum atomic E-state index is -2.92. The minimum absolute atomic E-state index is 0.151. The number of aryl methyl sites for hydroxylation is 1. The van der Waals surface area contributed by atoms with E-state index in [1.165, 1.54) is 6.26 Å². The van der Waals surface area contributed by atoms with Crippen LogP contribution in [-0.2, 0) is 9.84 Å². The summed E-state index contributed by atoms with van der Waals surface area (Å²) in [7, 11) is -2.92. The fourth-order valence-electron chi connectivity index (χ4n) is 1.72. The lowest BCUT2D eigenvalue weighted by molar-refractivity contribution is 0.318. The molecule has 0 N–H and O–H groups in total. The van der Waals surface area contributed by atoms with Crippen molar-refractivity contribution in [2.45, 2.75) is 13.3 Å². The van der Waals surface area contributed by atoms with E-state index < -0.39 is 9.84 Å². The Morgan fingerprint density at radius 2 is 2.15 bits per heavy atom. The predicted molar refractivity (Wildman–Crippen MR) is 82.1 cm³/mol. The van der Waals surface area contributed by atoms with Crippen LogP contribution in [0.2, 0.25) is 0 Å². The number of nitrogens with zero attached hydrogens (tertiary/aromatic N) is 1. The number of sulfone groups is 1. The molecule has 0 aliphatic rings. The van der Waals surface area contributed by atoms with Gasteiger partial charge in [-0.3, -0.25) is 0 Å². The molecule has 0 saturated carbocycles. The highest BCUT2D eigenvalue weighted by molar-refractivity contribution is 7.90. The Bertz CT molecular complexity index is 677. The number of thiazole rings is 1. The van der Waals surface area contributed by atoms with Crippen molar-refractivity contribution < 1.29 is 13.2 Å². The molecule has 0 saturated heterocycles. The molecule has 4 nitrogen and oxygen atoms in total. The molecule has 1 heterocycles. The van der Waals surface area contributed by atoms with Gasteiger partial charge < -0.3 is 4.74 Å². The average molecular weight is 311 g/mol. The van der Waals surface area contributed by atoms with Crippen LogP contribution in [0.25, 0.3) is 10.6 Å². The summed E-state index contributed by atoms with van der Waals surface area (Å²) in [4.78, 5) is 4.43. The van der Waals surface area contributed by atoms with Crippen LogP contribution in [0, 0.1) is 6.92 Å². The second-order valence-corrected chi connectivity index (χ2v) is 7.77. The summed E-state index contributed by atoms with van der Waals surface area (Å²) < 4.78 is 27.6. The maximum absolute atomic E-state index is 11.0. The van der Waals surface area contributed by atoms with E-state index in [1.807, 2.05) is 36.6 Å². The van der Waals surface area contributed by atoms with Gasteiger partial charge in [0.25, 0.3) is 0 Å². The Hall–Kier alpha value is -1.40. The molecule has 0 bridgehead atoms. The SMILES string of the molecule is Cc1csc(-c2cccc(OCCCS(C)(=O)=O)c2)n1. The Morgan fingerprint density at radius 3 is 2.80 bits per heavy atom. The van der Waals surface area contributed by atoms with Crippen molar-refractivity contribution in [3.05, 3.63) is 35.3 Å². The first-order valence-corrected chi connectivity index (χ1v) is 9.21. The topological polar surface area (TPSA) is 56.3 Å². The largest absolute Gasteiger partial charge is 0.494 e. The Balaban J connectivity index is 1.96. The zero-order valence-electron chi connectivity index (χ0n) is 11.5. The van der Waals surface area contributed by atoms with Crippen molar-refractivity contribution in [3.63, 3.8) is 0 Å². The average Bonchev–Trinajstić information content (AvgIpc) is 2.81. The third-order valence-corrected chi connectivity index (χ3v) is 4.67. The van der Waals surface area contributed by atoms with E-state index in [0.717, 1.165) is 22.0 Å². The van der Waals surface area contributed by atoms with E-state index >= 15 is 0 Å². The summed E-state index contributed by atoms with van der Waals surface area (Å²) >= 11 is 1.60. The summed E-state index contributed by atoms with van der Waals surface area (Å²) in [5, 5.41) is 2.97. The molecule has 0 unspecified atom stereocenters. The first-order chi connectivity index (χ1) is 9.44. The van der Waals surface area contributed by atoms with Crippen LogP contribution in [0.3, 0.4) is 0 Å². The van der Waals surface area contributed by atoms with Gasteiger partial charge in [0.2, 0.25) is 0 Å². The number of benzene rings is 1. The number of hydrogen-bond acceptors (Lipinski definition) is 5. The Kier molecular flexibility index (Phi) is 4.77. The van der Waals surface area contributed by atoms with Crippen molar-refractivity contribution in [2.24, 2.45) is 0 Å². The molecular formula is C14H17NO3S2. The second kappa shape index (κ2) is 6.37. The third-order valence-electron chi connectivity index (χ3n) is 2.63. The van der Waals surface area contributed by atoms with Gasteiger partial charge in [-0.1, -0.05) is 12.1 Å². The number of ether oxygens (including phenoxy) is 1. The van der Waals surface area contributed by atoms with Crippen LogP contribution in [0.15, 0.2) is 29.6 Å². The molecule has 0 fully saturated rings. The highest BCUT2D eigenvalue weighted by atomic mass is 32.2. The summed E-state index contributed by atoms with van der Waals surface area (Å²) in [6.07, 6.45) is 1.73. The van der Waals surface area contributed by atoms with Crippen LogP contribution >= 0.6 is 11.3 Å². The second-order valence-electron chi connectivity index (χ2n) is 4.65. The first kappa shape index (κ1) is 15.0. The van der Waals surface area contributed by atoms with Gasteiger partial charge in [-0.2, -0.15) is 0 Å². The molecule has 1 aromatic carbocycles. The molecule has 2 rings (SSSR count). The Morgan fingerprint density at radius 1 is 1.35 bits per heavy atom. The zero-order chi connectivity index (χ0) is 14.6.